The van der Waals surface area contributed by atoms with E-state index in [1.165, 1.54) is 5.56 Å². The first kappa shape index (κ1) is 9.55. The Morgan fingerprint density at radius 3 is 2.50 bits per heavy atom. The number of hydrogen-bond acceptors (Lipinski definition) is 2. The van der Waals surface area contributed by atoms with Crippen molar-refractivity contribution in [1.82, 2.24) is 0 Å². The lowest BCUT2D eigenvalue weighted by atomic mass is 10.0. The van der Waals surface area contributed by atoms with E-state index < -0.39 is 0 Å². The maximum atomic E-state index is 5.83. The molecule has 3 heteroatoms. The van der Waals surface area contributed by atoms with E-state index in [-0.39, 0.29) is 6.04 Å². The summed E-state index contributed by atoms with van der Waals surface area (Å²) in [6, 6.07) is 3.99. The van der Waals surface area contributed by atoms with Crippen LogP contribution in [0.25, 0.3) is 0 Å². The molecule has 0 heterocycles. The van der Waals surface area contributed by atoms with E-state index in [2.05, 4.69) is 15.9 Å². The van der Waals surface area contributed by atoms with Crippen LogP contribution in [0.4, 0.5) is 5.69 Å². The third kappa shape index (κ3) is 1.79. The fourth-order valence-corrected chi connectivity index (χ4v) is 1.75. The Balaban J connectivity index is 3.28. The third-order valence-corrected chi connectivity index (χ3v) is 2.45. The second-order valence-electron chi connectivity index (χ2n) is 3.04. The van der Waals surface area contributed by atoms with Crippen molar-refractivity contribution in [2.75, 3.05) is 5.73 Å². The van der Waals surface area contributed by atoms with Crippen molar-refractivity contribution in [2.45, 2.75) is 19.9 Å². The number of aryl methyl sites for hydroxylation is 1. The van der Waals surface area contributed by atoms with Crippen molar-refractivity contribution in [2.24, 2.45) is 5.73 Å². The molecule has 2 nitrogen and oxygen atoms in total. The minimum atomic E-state index is -0.0128. The number of hydrogen-bond donors (Lipinski definition) is 2. The number of anilines is 1. The van der Waals surface area contributed by atoms with E-state index >= 15 is 0 Å². The highest BCUT2D eigenvalue weighted by molar-refractivity contribution is 9.10. The first-order chi connectivity index (χ1) is 5.52. The highest BCUT2D eigenvalue weighted by atomic mass is 79.9. The molecule has 1 aromatic carbocycles. The first-order valence-electron chi connectivity index (χ1n) is 3.83. The van der Waals surface area contributed by atoms with Crippen LogP contribution in [-0.2, 0) is 0 Å². The van der Waals surface area contributed by atoms with Crippen molar-refractivity contribution in [3.05, 3.63) is 27.7 Å². The Morgan fingerprint density at radius 2 is 2.00 bits per heavy atom. The Kier molecular flexibility index (Phi) is 2.75. The van der Waals surface area contributed by atoms with Gasteiger partial charge in [-0.3, -0.25) is 0 Å². The van der Waals surface area contributed by atoms with Crippen LogP contribution >= 0.6 is 15.9 Å². The van der Waals surface area contributed by atoms with E-state index in [0.717, 1.165) is 15.7 Å². The Labute approximate surface area is 81.1 Å². The Morgan fingerprint density at radius 1 is 1.42 bits per heavy atom. The fraction of sp³-hybridized carbons (Fsp3) is 0.333. The average molecular weight is 229 g/mol. The van der Waals surface area contributed by atoms with E-state index in [0.29, 0.717) is 0 Å². The van der Waals surface area contributed by atoms with Crippen molar-refractivity contribution in [1.29, 1.82) is 0 Å². The summed E-state index contributed by atoms with van der Waals surface area (Å²) in [6.45, 7) is 3.95. The predicted octanol–water partition coefficient (Wildman–Crippen LogP) is 2.36. The van der Waals surface area contributed by atoms with Crippen LogP contribution in [0.15, 0.2) is 16.6 Å². The highest BCUT2D eigenvalue weighted by Gasteiger charge is 2.07. The molecule has 1 aromatic rings. The molecule has 0 aromatic heterocycles. The molecule has 4 N–H and O–H groups in total. The molecule has 0 unspecified atom stereocenters. The molecule has 0 spiro atoms. The highest BCUT2D eigenvalue weighted by Crippen LogP contribution is 2.28. The molecule has 0 fully saturated rings. The molecule has 0 aliphatic heterocycles. The molecule has 0 aliphatic rings. The van der Waals surface area contributed by atoms with Gasteiger partial charge in [-0.15, -0.1) is 0 Å². The molecule has 0 saturated carbocycles. The van der Waals surface area contributed by atoms with Crippen molar-refractivity contribution in [3.8, 4) is 0 Å². The van der Waals surface area contributed by atoms with E-state index in [1.54, 1.807) is 0 Å². The lowest BCUT2D eigenvalue weighted by molar-refractivity contribution is 0.819. The van der Waals surface area contributed by atoms with E-state index in [4.69, 9.17) is 11.5 Å². The molecule has 66 valence electrons. The predicted molar refractivity (Wildman–Crippen MR) is 55.9 cm³/mol. The lowest BCUT2D eigenvalue weighted by Gasteiger charge is -2.11. The molecule has 1 rings (SSSR count). The van der Waals surface area contributed by atoms with E-state index in [1.807, 2.05) is 26.0 Å². The Bertz CT molecular complexity index is 295. The summed E-state index contributed by atoms with van der Waals surface area (Å²) in [5, 5.41) is 0. The van der Waals surface area contributed by atoms with Crippen LogP contribution in [0.5, 0.6) is 0 Å². The van der Waals surface area contributed by atoms with Gasteiger partial charge in [0.05, 0.1) is 5.69 Å². The fourth-order valence-electron chi connectivity index (χ4n) is 1.16. The maximum Gasteiger partial charge on any atom is 0.0506 e. The number of rotatable bonds is 1. The summed E-state index contributed by atoms with van der Waals surface area (Å²) in [6.07, 6.45) is 0. The van der Waals surface area contributed by atoms with Crippen molar-refractivity contribution < 1.29 is 0 Å². The molecular formula is C9H13BrN2. The molecule has 0 bridgehead atoms. The molecule has 0 amide bonds. The molecule has 0 radical (unpaired) electrons. The number of nitrogen functional groups attached to an aromatic ring is 1. The molecule has 0 saturated heterocycles. The van der Waals surface area contributed by atoms with Gasteiger partial charge < -0.3 is 11.5 Å². The van der Waals surface area contributed by atoms with Gasteiger partial charge in [-0.1, -0.05) is 6.07 Å². The number of benzene rings is 1. The second kappa shape index (κ2) is 3.46. The van der Waals surface area contributed by atoms with Gasteiger partial charge in [0.2, 0.25) is 0 Å². The SMILES string of the molecule is Cc1cc(Br)c(N)c([C@@H](C)N)c1. The lowest BCUT2D eigenvalue weighted by Crippen LogP contribution is -2.08. The van der Waals surface area contributed by atoms with Gasteiger partial charge in [0.15, 0.2) is 0 Å². The number of halogens is 1. The quantitative estimate of drug-likeness (QED) is 0.726. The van der Waals surface area contributed by atoms with Crippen LogP contribution in [0.2, 0.25) is 0 Å². The zero-order valence-electron chi connectivity index (χ0n) is 7.26. The van der Waals surface area contributed by atoms with E-state index in [9.17, 15) is 0 Å². The van der Waals surface area contributed by atoms with Crippen LogP contribution in [0.3, 0.4) is 0 Å². The van der Waals surface area contributed by atoms with Gasteiger partial charge in [-0.05, 0) is 47.0 Å². The normalized spacial score (nSPS) is 13.0. The molecule has 12 heavy (non-hydrogen) atoms. The van der Waals surface area contributed by atoms with Gasteiger partial charge >= 0.3 is 0 Å². The van der Waals surface area contributed by atoms with Crippen molar-refractivity contribution >= 4 is 21.6 Å². The summed E-state index contributed by atoms with van der Waals surface area (Å²) in [5.74, 6) is 0. The van der Waals surface area contributed by atoms with Gasteiger partial charge in [-0.25, -0.2) is 0 Å². The third-order valence-electron chi connectivity index (χ3n) is 1.80. The minimum Gasteiger partial charge on any atom is -0.398 e. The van der Waals surface area contributed by atoms with Crippen LogP contribution in [0, 0.1) is 6.92 Å². The average Bonchev–Trinajstić information content (AvgIpc) is 1.96. The van der Waals surface area contributed by atoms with Gasteiger partial charge in [0.25, 0.3) is 0 Å². The van der Waals surface area contributed by atoms with Gasteiger partial charge in [0, 0.05) is 10.5 Å². The topological polar surface area (TPSA) is 52.0 Å². The maximum absolute atomic E-state index is 5.83. The van der Waals surface area contributed by atoms with Crippen LogP contribution in [-0.4, -0.2) is 0 Å². The summed E-state index contributed by atoms with van der Waals surface area (Å²) < 4.78 is 0.926. The smallest absolute Gasteiger partial charge is 0.0506 e. The zero-order valence-corrected chi connectivity index (χ0v) is 8.85. The molecule has 1 atom stereocenters. The van der Waals surface area contributed by atoms with Crippen LogP contribution < -0.4 is 11.5 Å². The zero-order chi connectivity index (χ0) is 9.30. The number of nitrogens with two attached hydrogens (primary N) is 2. The summed E-state index contributed by atoms with van der Waals surface area (Å²) in [4.78, 5) is 0. The standard InChI is InChI=1S/C9H13BrN2/c1-5-3-7(6(2)11)9(12)8(10)4-5/h3-4,6H,11-12H2,1-2H3/t6-/m1/s1. The molecule has 0 aliphatic carbocycles. The molecular weight excluding hydrogens is 216 g/mol. The second-order valence-corrected chi connectivity index (χ2v) is 3.89. The Hall–Kier alpha value is -0.540. The summed E-state index contributed by atoms with van der Waals surface area (Å²) in [7, 11) is 0. The summed E-state index contributed by atoms with van der Waals surface area (Å²) >= 11 is 3.38. The summed E-state index contributed by atoms with van der Waals surface area (Å²) in [5.41, 5.74) is 14.5. The van der Waals surface area contributed by atoms with Gasteiger partial charge in [-0.2, -0.15) is 0 Å². The largest absolute Gasteiger partial charge is 0.398 e. The minimum absolute atomic E-state index is 0.0128. The van der Waals surface area contributed by atoms with Gasteiger partial charge in [0.1, 0.15) is 0 Å². The first-order valence-corrected chi connectivity index (χ1v) is 4.62. The van der Waals surface area contributed by atoms with Crippen LogP contribution in [0.1, 0.15) is 24.1 Å². The van der Waals surface area contributed by atoms with Crippen molar-refractivity contribution in [3.63, 3.8) is 0 Å². The monoisotopic (exact) mass is 228 g/mol.